The van der Waals surface area contributed by atoms with E-state index in [1.807, 2.05) is 50.2 Å². The number of hydrogen-bond donors (Lipinski definition) is 1. The first-order valence-corrected chi connectivity index (χ1v) is 11.0. The van der Waals surface area contributed by atoms with Gasteiger partial charge in [-0.15, -0.1) is 0 Å². The zero-order valence-corrected chi connectivity index (χ0v) is 19.0. The van der Waals surface area contributed by atoms with Crippen molar-refractivity contribution in [3.63, 3.8) is 0 Å². The highest BCUT2D eigenvalue weighted by molar-refractivity contribution is 6.46. The zero-order valence-electron chi connectivity index (χ0n) is 19.0. The van der Waals surface area contributed by atoms with Crippen molar-refractivity contribution in [1.29, 1.82) is 0 Å². The van der Waals surface area contributed by atoms with Gasteiger partial charge in [0.05, 0.1) is 18.2 Å². The molecule has 2 aromatic rings. The second-order valence-electron chi connectivity index (χ2n) is 8.28. The summed E-state index contributed by atoms with van der Waals surface area (Å²) in [6.45, 7) is 3.58. The van der Waals surface area contributed by atoms with Crippen molar-refractivity contribution >= 4 is 17.4 Å². The topological polar surface area (TPSA) is 88.5 Å². The minimum atomic E-state index is -0.736. The number of fused-ring (bicyclic) bond motifs is 1. The number of Topliss-reactive ketones (excluding diaryl/α,β-unsaturated/α-hetero) is 1. The lowest BCUT2D eigenvalue weighted by molar-refractivity contribution is -0.140. The fraction of sp³-hybridized carbons (Fsp3) is 0.360. The van der Waals surface area contributed by atoms with Crippen LogP contribution in [0.3, 0.4) is 0 Å². The molecule has 0 saturated carbocycles. The quantitative estimate of drug-likeness (QED) is 0.374. The number of likely N-dealkylation sites (N-methyl/N-ethyl adjacent to an activating group) is 1. The van der Waals surface area contributed by atoms with Crippen molar-refractivity contribution in [3.05, 3.63) is 59.2 Å². The maximum atomic E-state index is 13.1. The maximum Gasteiger partial charge on any atom is 0.295 e. The van der Waals surface area contributed by atoms with Gasteiger partial charge in [0.25, 0.3) is 11.7 Å². The summed E-state index contributed by atoms with van der Waals surface area (Å²) in [6, 6.07) is 11.5. The van der Waals surface area contributed by atoms with Crippen molar-refractivity contribution in [2.75, 3.05) is 40.6 Å². The molecule has 0 spiro atoms. The number of rotatable bonds is 8. The number of benzene rings is 2. The molecule has 2 heterocycles. The standard InChI is InChI=1S/C25H28N2O6/c1-4-12-31-18-7-5-6-16(13-18)22-21(24(29)25(30)27(22)11-10-26(2)3)23(28)17-8-9-19-20(14-17)33-15-32-19/h5-9,13-14,22,28H,4,10-12,15H2,1-3H3. The first kappa shape index (κ1) is 22.7. The lowest BCUT2D eigenvalue weighted by Gasteiger charge is -2.27. The Balaban J connectivity index is 1.80. The molecular weight excluding hydrogens is 424 g/mol. The van der Waals surface area contributed by atoms with Crippen molar-refractivity contribution in [1.82, 2.24) is 9.80 Å². The number of aliphatic hydroxyl groups excluding tert-OH is 1. The Morgan fingerprint density at radius 1 is 1.15 bits per heavy atom. The van der Waals surface area contributed by atoms with Crippen LogP contribution in [0.5, 0.6) is 17.2 Å². The predicted octanol–water partition coefficient (Wildman–Crippen LogP) is 3.19. The van der Waals surface area contributed by atoms with Crippen LogP contribution in [0.2, 0.25) is 0 Å². The van der Waals surface area contributed by atoms with Crippen LogP contribution in [-0.4, -0.2) is 67.2 Å². The highest BCUT2D eigenvalue weighted by Crippen LogP contribution is 2.41. The van der Waals surface area contributed by atoms with Gasteiger partial charge in [0.1, 0.15) is 11.5 Å². The fourth-order valence-corrected chi connectivity index (χ4v) is 3.96. The summed E-state index contributed by atoms with van der Waals surface area (Å²) in [5.41, 5.74) is 1.13. The van der Waals surface area contributed by atoms with Crippen molar-refractivity contribution in [3.8, 4) is 17.2 Å². The zero-order chi connectivity index (χ0) is 23.5. The molecular formula is C25H28N2O6. The summed E-state index contributed by atoms with van der Waals surface area (Å²) in [5.74, 6) is 0.0973. The van der Waals surface area contributed by atoms with Gasteiger partial charge in [-0.2, -0.15) is 0 Å². The van der Waals surface area contributed by atoms with Crippen LogP contribution in [0.25, 0.3) is 5.76 Å². The average molecular weight is 453 g/mol. The molecule has 2 aliphatic rings. The van der Waals surface area contributed by atoms with E-state index in [0.717, 1.165) is 6.42 Å². The Morgan fingerprint density at radius 2 is 1.94 bits per heavy atom. The molecule has 1 fully saturated rings. The molecule has 33 heavy (non-hydrogen) atoms. The van der Waals surface area contributed by atoms with Crippen LogP contribution in [0.1, 0.15) is 30.5 Å². The number of carbonyl (C=O) groups excluding carboxylic acids is 2. The van der Waals surface area contributed by atoms with E-state index in [-0.39, 0.29) is 18.1 Å². The number of aliphatic hydroxyl groups is 1. The van der Waals surface area contributed by atoms with Crippen molar-refractivity contribution in [2.24, 2.45) is 0 Å². The van der Waals surface area contributed by atoms with Crippen molar-refractivity contribution in [2.45, 2.75) is 19.4 Å². The molecule has 1 unspecified atom stereocenters. The molecule has 0 aromatic heterocycles. The number of hydrogen-bond acceptors (Lipinski definition) is 7. The largest absolute Gasteiger partial charge is 0.507 e. The molecule has 8 nitrogen and oxygen atoms in total. The summed E-state index contributed by atoms with van der Waals surface area (Å²) in [5, 5.41) is 11.2. The van der Waals surface area contributed by atoms with Gasteiger partial charge >= 0.3 is 0 Å². The van der Waals surface area contributed by atoms with Crippen LogP contribution >= 0.6 is 0 Å². The number of ketones is 1. The third kappa shape index (κ3) is 4.52. The Kier molecular flexibility index (Phi) is 6.55. The van der Waals surface area contributed by atoms with Gasteiger partial charge in [0.15, 0.2) is 11.5 Å². The Labute approximate surface area is 193 Å². The third-order valence-electron chi connectivity index (χ3n) is 5.62. The second-order valence-corrected chi connectivity index (χ2v) is 8.28. The van der Waals surface area contributed by atoms with E-state index in [2.05, 4.69) is 0 Å². The van der Waals surface area contributed by atoms with Gasteiger partial charge in [-0.1, -0.05) is 19.1 Å². The van der Waals surface area contributed by atoms with Gasteiger partial charge in [-0.05, 0) is 56.4 Å². The lowest BCUT2D eigenvalue weighted by atomic mass is 9.95. The van der Waals surface area contributed by atoms with E-state index in [1.54, 1.807) is 18.2 Å². The number of likely N-dealkylation sites (tertiary alicyclic amines) is 1. The number of carbonyl (C=O) groups is 2. The van der Waals surface area contributed by atoms with Gasteiger partial charge in [0.2, 0.25) is 6.79 Å². The van der Waals surface area contributed by atoms with Crippen LogP contribution in [0, 0.1) is 0 Å². The monoisotopic (exact) mass is 452 g/mol. The van der Waals surface area contributed by atoms with E-state index in [1.165, 1.54) is 4.90 Å². The first-order chi connectivity index (χ1) is 15.9. The molecule has 1 N–H and O–H groups in total. The molecule has 2 aromatic carbocycles. The normalized spacial score (nSPS) is 18.9. The van der Waals surface area contributed by atoms with Crippen LogP contribution in [0.4, 0.5) is 0 Å². The molecule has 174 valence electrons. The molecule has 1 atom stereocenters. The number of nitrogens with zero attached hydrogens (tertiary/aromatic N) is 2. The van der Waals surface area contributed by atoms with Crippen LogP contribution in [-0.2, 0) is 9.59 Å². The van der Waals surface area contributed by atoms with Crippen LogP contribution in [0.15, 0.2) is 48.0 Å². The van der Waals surface area contributed by atoms with E-state index < -0.39 is 17.7 Å². The third-order valence-corrected chi connectivity index (χ3v) is 5.62. The summed E-state index contributed by atoms with van der Waals surface area (Å²) in [4.78, 5) is 29.6. The summed E-state index contributed by atoms with van der Waals surface area (Å²) < 4.78 is 16.5. The molecule has 1 saturated heterocycles. The summed E-state index contributed by atoms with van der Waals surface area (Å²) in [6.07, 6.45) is 0.857. The highest BCUT2D eigenvalue weighted by atomic mass is 16.7. The second kappa shape index (κ2) is 9.54. The molecule has 4 rings (SSSR count). The highest BCUT2D eigenvalue weighted by Gasteiger charge is 2.46. The van der Waals surface area contributed by atoms with Gasteiger partial charge in [-0.3, -0.25) is 9.59 Å². The Hall–Kier alpha value is -3.52. The van der Waals surface area contributed by atoms with E-state index in [4.69, 9.17) is 14.2 Å². The number of ether oxygens (including phenoxy) is 3. The predicted molar refractivity (Wildman–Crippen MR) is 122 cm³/mol. The van der Waals surface area contributed by atoms with Gasteiger partial charge in [0, 0.05) is 18.7 Å². The molecule has 0 bridgehead atoms. The Bertz CT molecular complexity index is 1090. The average Bonchev–Trinajstić information content (AvgIpc) is 3.38. The van der Waals surface area contributed by atoms with E-state index in [0.29, 0.717) is 48.1 Å². The van der Waals surface area contributed by atoms with Gasteiger partial charge < -0.3 is 29.1 Å². The molecule has 1 amide bonds. The summed E-state index contributed by atoms with van der Waals surface area (Å²) in [7, 11) is 3.80. The molecule has 0 radical (unpaired) electrons. The van der Waals surface area contributed by atoms with E-state index in [9.17, 15) is 14.7 Å². The molecule has 0 aliphatic carbocycles. The first-order valence-electron chi connectivity index (χ1n) is 11.0. The maximum absolute atomic E-state index is 13.1. The smallest absolute Gasteiger partial charge is 0.295 e. The molecule has 8 heteroatoms. The number of amides is 1. The minimum Gasteiger partial charge on any atom is -0.507 e. The molecule has 2 aliphatic heterocycles. The summed E-state index contributed by atoms with van der Waals surface area (Å²) >= 11 is 0. The SMILES string of the molecule is CCCOc1cccc(C2C(=C(O)c3ccc4c(c3)OCO4)C(=O)C(=O)N2CCN(C)C)c1. The van der Waals surface area contributed by atoms with Gasteiger partial charge in [-0.25, -0.2) is 0 Å². The Morgan fingerprint density at radius 3 is 2.70 bits per heavy atom. The van der Waals surface area contributed by atoms with Crippen LogP contribution < -0.4 is 14.2 Å². The minimum absolute atomic E-state index is 0.0465. The van der Waals surface area contributed by atoms with Crippen molar-refractivity contribution < 1.29 is 28.9 Å². The fourth-order valence-electron chi connectivity index (χ4n) is 3.96. The lowest BCUT2D eigenvalue weighted by Crippen LogP contribution is -2.35. The van der Waals surface area contributed by atoms with E-state index >= 15 is 0 Å².